The zero-order valence-corrected chi connectivity index (χ0v) is 11.1. The van der Waals surface area contributed by atoms with E-state index in [0.29, 0.717) is 9.92 Å². The summed E-state index contributed by atoms with van der Waals surface area (Å²) < 4.78 is 11.9. The van der Waals surface area contributed by atoms with Crippen molar-refractivity contribution in [3.05, 3.63) is 29.3 Å². The van der Waals surface area contributed by atoms with Gasteiger partial charge in [-0.1, -0.05) is 11.6 Å². The van der Waals surface area contributed by atoms with Crippen LogP contribution in [0.3, 0.4) is 0 Å². The van der Waals surface area contributed by atoms with E-state index < -0.39 is 28.7 Å². The highest BCUT2D eigenvalue weighted by Gasteiger charge is 2.21. The van der Waals surface area contributed by atoms with E-state index in [-0.39, 0.29) is 5.75 Å². The second-order valence-electron chi connectivity index (χ2n) is 3.56. The molecule has 2 N–H and O–H groups in total. The molecule has 0 heterocycles. The first kappa shape index (κ1) is 14.7. The molecule has 0 aromatic heterocycles. The molecule has 1 rings (SSSR count). The molecule has 2 atom stereocenters. The summed E-state index contributed by atoms with van der Waals surface area (Å²) >= 11 is 5.69. The van der Waals surface area contributed by atoms with Gasteiger partial charge in [-0.05, 0) is 24.3 Å². The van der Waals surface area contributed by atoms with Crippen LogP contribution >= 0.6 is 11.6 Å². The van der Waals surface area contributed by atoms with Gasteiger partial charge in [0, 0.05) is 16.8 Å². The smallest absolute Gasteiger partial charge is 0.327 e. The molecule has 0 fully saturated rings. The molecule has 7 heteroatoms. The Bertz CT molecular complexity index is 474. The molecule has 1 aromatic carbocycles. The van der Waals surface area contributed by atoms with Crippen LogP contribution in [-0.4, -0.2) is 33.0 Å². The maximum absolute atomic E-state index is 11.9. The lowest BCUT2D eigenvalue weighted by molar-refractivity contribution is -0.140. The summed E-state index contributed by atoms with van der Waals surface area (Å²) in [6, 6.07) is 5.10. The van der Waals surface area contributed by atoms with Crippen LogP contribution in [0.1, 0.15) is 6.92 Å². The van der Waals surface area contributed by atoms with Crippen LogP contribution in [0.15, 0.2) is 29.2 Å². The van der Waals surface area contributed by atoms with Gasteiger partial charge in [0.15, 0.2) is 0 Å². The summed E-state index contributed by atoms with van der Waals surface area (Å²) in [4.78, 5) is 22.2. The average Bonchev–Trinajstić information content (AvgIpc) is 2.28. The lowest BCUT2D eigenvalue weighted by atomic mass is 10.3. The SMILES string of the molecule is CC(=O)NC(CS(=O)c1ccc(Cl)cc1)C(=O)O. The van der Waals surface area contributed by atoms with E-state index in [0.717, 1.165) is 0 Å². The largest absolute Gasteiger partial charge is 0.480 e. The molecule has 0 bridgehead atoms. The highest BCUT2D eigenvalue weighted by molar-refractivity contribution is 7.85. The number of hydrogen-bond donors (Lipinski definition) is 2. The maximum atomic E-state index is 11.9. The highest BCUT2D eigenvalue weighted by atomic mass is 35.5. The molecule has 0 saturated carbocycles. The van der Waals surface area contributed by atoms with Crippen molar-refractivity contribution in [1.82, 2.24) is 5.32 Å². The fourth-order valence-electron chi connectivity index (χ4n) is 1.25. The minimum Gasteiger partial charge on any atom is -0.480 e. The van der Waals surface area contributed by atoms with Gasteiger partial charge in [0.25, 0.3) is 0 Å². The fourth-order valence-corrected chi connectivity index (χ4v) is 2.54. The summed E-state index contributed by atoms with van der Waals surface area (Å²) in [6.07, 6.45) is 0. The van der Waals surface area contributed by atoms with Crippen LogP contribution in [0.5, 0.6) is 0 Å². The zero-order valence-electron chi connectivity index (χ0n) is 9.55. The molecule has 0 aliphatic heterocycles. The number of halogens is 1. The van der Waals surface area contributed by atoms with Gasteiger partial charge in [0.05, 0.1) is 16.6 Å². The summed E-state index contributed by atoms with van der Waals surface area (Å²) in [5, 5.41) is 11.6. The minimum atomic E-state index is -1.51. The monoisotopic (exact) mass is 289 g/mol. The third kappa shape index (κ3) is 4.46. The van der Waals surface area contributed by atoms with Crippen molar-refractivity contribution in [3.63, 3.8) is 0 Å². The van der Waals surface area contributed by atoms with Crippen LogP contribution in [-0.2, 0) is 20.4 Å². The van der Waals surface area contributed by atoms with Gasteiger partial charge < -0.3 is 10.4 Å². The van der Waals surface area contributed by atoms with E-state index in [4.69, 9.17) is 16.7 Å². The number of rotatable bonds is 5. The molecular formula is C11H12ClNO4S. The number of carboxylic acid groups (broad SMARTS) is 1. The van der Waals surface area contributed by atoms with Crippen molar-refractivity contribution in [1.29, 1.82) is 0 Å². The Morgan fingerprint density at radius 2 is 1.94 bits per heavy atom. The second-order valence-corrected chi connectivity index (χ2v) is 5.49. The average molecular weight is 290 g/mol. The Morgan fingerprint density at radius 3 is 2.39 bits per heavy atom. The summed E-state index contributed by atoms with van der Waals surface area (Å²) in [7, 11) is -1.51. The molecule has 1 aromatic rings. The lowest BCUT2D eigenvalue weighted by Crippen LogP contribution is -2.43. The highest BCUT2D eigenvalue weighted by Crippen LogP contribution is 2.13. The standard InChI is InChI=1S/C11H12ClNO4S/c1-7(14)13-10(11(15)16)6-18(17)9-4-2-8(12)3-5-9/h2-5,10H,6H2,1H3,(H,13,14)(H,15,16). The molecule has 0 saturated heterocycles. The van der Waals surface area contributed by atoms with Gasteiger partial charge >= 0.3 is 5.97 Å². The Balaban J connectivity index is 2.75. The zero-order chi connectivity index (χ0) is 13.7. The number of aliphatic carboxylic acids is 1. The summed E-state index contributed by atoms with van der Waals surface area (Å²) in [6.45, 7) is 1.21. The Hall–Kier alpha value is -1.40. The molecular weight excluding hydrogens is 278 g/mol. The lowest BCUT2D eigenvalue weighted by Gasteiger charge is -2.12. The molecule has 5 nitrogen and oxygen atoms in total. The third-order valence-corrected chi connectivity index (χ3v) is 3.76. The van der Waals surface area contributed by atoms with E-state index >= 15 is 0 Å². The van der Waals surface area contributed by atoms with Gasteiger partial charge in [-0.3, -0.25) is 9.00 Å². The van der Waals surface area contributed by atoms with Crippen LogP contribution in [0.4, 0.5) is 0 Å². The van der Waals surface area contributed by atoms with Crippen molar-refractivity contribution < 1.29 is 18.9 Å². The first-order chi connectivity index (χ1) is 8.40. The van der Waals surface area contributed by atoms with Gasteiger partial charge in [-0.2, -0.15) is 0 Å². The van der Waals surface area contributed by atoms with Crippen LogP contribution < -0.4 is 5.32 Å². The number of carbonyl (C=O) groups is 2. The Labute approximate surface area is 112 Å². The number of hydrogen-bond acceptors (Lipinski definition) is 3. The minimum absolute atomic E-state index is 0.184. The molecule has 0 spiro atoms. The third-order valence-electron chi connectivity index (χ3n) is 2.07. The van der Waals surface area contributed by atoms with E-state index in [1.807, 2.05) is 0 Å². The molecule has 0 radical (unpaired) electrons. The van der Waals surface area contributed by atoms with Crippen LogP contribution in [0.25, 0.3) is 0 Å². The molecule has 0 aliphatic carbocycles. The number of carbonyl (C=O) groups excluding carboxylic acids is 1. The van der Waals surface area contributed by atoms with Crippen molar-refractivity contribution in [2.75, 3.05) is 5.75 Å². The molecule has 0 aliphatic rings. The topological polar surface area (TPSA) is 83.5 Å². The number of nitrogens with one attached hydrogen (secondary N) is 1. The van der Waals surface area contributed by atoms with Crippen molar-refractivity contribution in [2.45, 2.75) is 17.9 Å². The molecule has 1 amide bonds. The fraction of sp³-hybridized carbons (Fsp3) is 0.273. The first-order valence-corrected chi connectivity index (χ1v) is 6.73. The maximum Gasteiger partial charge on any atom is 0.327 e. The van der Waals surface area contributed by atoms with E-state index in [1.54, 1.807) is 24.3 Å². The number of carboxylic acids is 1. The van der Waals surface area contributed by atoms with Crippen molar-refractivity contribution in [2.24, 2.45) is 0 Å². The van der Waals surface area contributed by atoms with Crippen LogP contribution in [0, 0.1) is 0 Å². The molecule has 18 heavy (non-hydrogen) atoms. The first-order valence-electron chi connectivity index (χ1n) is 5.04. The predicted molar refractivity (Wildman–Crippen MR) is 68.0 cm³/mol. The number of benzene rings is 1. The normalized spacial score (nSPS) is 13.7. The van der Waals surface area contributed by atoms with Gasteiger partial charge in [-0.15, -0.1) is 0 Å². The second kappa shape index (κ2) is 6.51. The van der Waals surface area contributed by atoms with Gasteiger partial charge in [0.1, 0.15) is 6.04 Å². The van der Waals surface area contributed by atoms with Crippen molar-refractivity contribution >= 4 is 34.3 Å². The van der Waals surface area contributed by atoms with Gasteiger partial charge in [0.2, 0.25) is 5.91 Å². The molecule has 2 unspecified atom stereocenters. The van der Waals surface area contributed by atoms with E-state index in [2.05, 4.69) is 5.32 Å². The van der Waals surface area contributed by atoms with Crippen LogP contribution in [0.2, 0.25) is 5.02 Å². The summed E-state index contributed by atoms with van der Waals surface area (Å²) in [5.41, 5.74) is 0. The Kier molecular flexibility index (Phi) is 5.30. The quantitative estimate of drug-likeness (QED) is 0.848. The van der Waals surface area contributed by atoms with E-state index in [1.165, 1.54) is 6.92 Å². The van der Waals surface area contributed by atoms with E-state index in [9.17, 15) is 13.8 Å². The van der Waals surface area contributed by atoms with Crippen molar-refractivity contribution in [3.8, 4) is 0 Å². The summed E-state index contributed by atoms with van der Waals surface area (Å²) in [5.74, 6) is -1.88. The molecule has 98 valence electrons. The number of amides is 1. The predicted octanol–water partition coefficient (Wildman–Crippen LogP) is 1.04. The van der Waals surface area contributed by atoms with Gasteiger partial charge in [-0.25, -0.2) is 4.79 Å². The Morgan fingerprint density at radius 1 is 1.39 bits per heavy atom.